The van der Waals surface area contributed by atoms with Crippen molar-refractivity contribution in [2.75, 3.05) is 14.2 Å². The Morgan fingerprint density at radius 3 is 2.50 bits per heavy atom. The van der Waals surface area contributed by atoms with Crippen molar-refractivity contribution in [2.24, 2.45) is 5.73 Å². The van der Waals surface area contributed by atoms with E-state index in [1.54, 1.807) is 32.8 Å². The molecule has 0 spiro atoms. The highest BCUT2D eigenvalue weighted by Gasteiger charge is 2.18. The maximum absolute atomic E-state index is 5.79. The molecule has 0 aliphatic carbocycles. The molecule has 0 aliphatic rings. The van der Waals surface area contributed by atoms with Crippen molar-refractivity contribution in [2.45, 2.75) is 12.3 Å². The molecule has 1 unspecified atom stereocenters. The number of furan rings is 1. The van der Waals surface area contributed by atoms with Crippen LogP contribution < -0.4 is 5.73 Å². The summed E-state index contributed by atoms with van der Waals surface area (Å²) < 4.78 is 14.9. The SMILES string of the molecule is COC(OC)C(N)c1ccoc1. The molecule has 68 valence electrons. The van der Waals surface area contributed by atoms with Crippen molar-refractivity contribution in [1.82, 2.24) is 0 Å². The average molecular weight is 171 g/mol. The smallest absolute Gasteiger partial charge is 0.176 e. The molecule has 1 aromatic heterocycles. The average Bonchev–Trinajstić information content (AvgIpc) is 2.58. The molecule has 0 bridgehead atoms. The fourth-order valence-electron chi connectivity index (χ4n) is 1.01. The molecule has 12 heavy (non-hydrogen) atoms. The van der Waals surface area contributed by atoms with Crippen LogP contribution in [0.2, 0.25) is 0 Å². The van der Waals surface area contributed by atoms with Crippen LogP contribution in [0.5, 0.6) is 0 Å². The molecule has 4 heteroatoms. The molecule has 0 amide bonds. The Kier molecular flexibility index (Phi) is 3.28. The van der Waals surface area contributed by atoms with Gasteiger partial charge in [-0.2, -0.15) is 0 Å². The Balaban J connectivity index is 2.63. The van der Waals surface area contributed by atoms with Crippen molar-refractivity contribution < 1.29 is 13.9 Å². The third kappa shape index (κ3) is 1.85. The van der Waals surface area contributed by atoms with Crippen LogP contribution in [0.15, 0.2) is 23.0 Å². The Hall–Kier alpha value is -0.840. The first-order valence-corrected chi connectivity index (χ1v) is 3.63. The lowest BCUT2D eigenvalue weighted by Gasteiger charge is -2.19. The lowest BCUT2D eigenvalue weighted by molar-refractivity contribution is -0.117. The summed E-state index contributed by atoms with van der Waals surface area (Å²) in [6, 6.07) is 1.48. The topological polar surface area (TPSA) is 57.6 Å². The summed E-state index contributed by atoms with van der Waals surface area (Å²) in [7, 11) is 3.10. The maximum Gasteiger partial charge on any atom is 0.176 e. The highest BCUT2D eigenvalue weighted by atomic mass is 16.7. The van der Waals surface area contributed by atoms with E-state index in [0.717, 1.165) is 5.56 Å². The second-order valence-corrected chi connectivity index (χ2v) is 2.42. The largest absolute Gasteiger partial charge is 0.472 e. The predicted octanol–water partition coefficient (Wildman–Crippen LogP) is 0.898. The standard InChI is InChI=1S/C8H13NO3/c1-10-8(11-2)7(9)6-3-4-12-5-6/h3-5,7-8H,9H2,1-2H3. The quantitative estimate of drug-likeness (QED) is 0.684. The van der Waals surface area contributed by atoms with Gasteiger partial charge in [-0.15, -0.1) is 0 Å². The zero-order chi connectivity index (χ0) is 8.97. The fraction of sp³-hybridized carbons (Fsp3) is 0.500. The van der Waals surface area contributed by atoms with Crippen molar-refractivity contribution in [3.8, 4) is 0 Å². The van der Waals surface area contributed by atoms with E-state index in [1.165, 1.54) is 0 Å². The van der Waals surface area contributed by atoms with Crippen molar-refractivity contribution in [3.05, 3.63) is 24.2 Å². The van der Waals surface area contributed by atoms with Crippen LogP contribution in [0, 0.1) is 0 Å². The van der Waals surface area contributed by atoms with Gasteiger partial charge in [-0.1, -0.05) is 0 Å². The van der Waals surface area contributed by atoms with Crippen molar-refractivity contribution in [1.29, 1.82) is 0 Å². The van der Waals surface area contributed by atoms with Crippen LogP contribution in [0.25, 0.3) is 0 Å². The van der Waals surface area contributed by atoms with Gasteiger partial charge in [-0.3, -0.25) is 0 Å². The van der Waals surface area contributed by atoms with E-state index in [0.29, 0.717) is 0 Å². The van der Waals surface area contributed by atoms with Crippen LogP contribution in [0.4, 0.5) is 0 Å². The maximum atomic E-state index is 5.79. The van der Waals surface area contributed by atoms with E-state index in [4.69, 9.17) is 19.6 Å². The molecule has 0 saturated heterocycles. The highest BCUT2D eigenvalue weighted by Crippen LogP contribution is 2.16. The lowest BCUT2D eigenvalue weighted by Crippen LogP contribution is -2.29. The minimum atomic E-state index is -0.428. The van der Waals surface area contributed by atoms with E-state index in [2.05, 4.69) is 0 Å². The normalized spacial score (nSPS) is 13.7. The van der Waals surface area contributed by atoms with Crippen LogP contribution >= 0.6 is 0 Å². The monoisotopic (exact) mass is 171 g/mol. The number of rotatable bonds is 4. The number of methoxy groups -OCH3 is 2. The fourth-order valence-corrected chi connectivity index (χ4v) is 1.01. The molecule has 1 rings (SSSR count). The molecule has 1 heterocycles. The summed E-state index contributed by atoms with van der Waals surface area (Å²) in [5.74, 6) is 0. The molecule has 2 N–H and O–H groups in total. The molecule has 0 aliphatic heterocycles. The van der Waals surface area contributed by atoms with E-state index in [9.17, 15) is 0 Å². The number of nitrogens with two attached hydrogens (primary N) is 1. The summed E-state index contributed by atoms with van der Waals surface area (Å²) in [4.78, 5) is 0. The molecule has 1 atom stereocenters. The second-order valence-electron chi connectivity index (χ2n) is 2.42. The summed E-state index contributed by atoms with van der Waals surface area (Å²) in [5, 5.41) is 0. The first-order valence-electron chi connectivity index (χ1n) is 3.63. The van der Waals surface area contributed by atoms with Gasteiger partial charge in [0.25, 0.3) is 0 Å². The Labute approximate surface area is 71.3 Å². The number of hydrogen-bond donors (Lipinski definition) is 1. The minimum absolute atomic E-state index is 0.307. The second kappa shape index (κ2) is 4.25. The van der Waals surface area contributed by atoms with Gasteiger partial charge in [0, 0.05) is 19.8 Å². The molecule has 1 aromatic rings. The molecular weight excluding hydrogens is 158 g/mol. The Morgan fingerprint density at radius 1 is 1.42 bits per heavy atom. The Bertz CT molecular complexity index is 206. The highest BCUT2D eigenvalue weighted by molar-refractivity contribution is 5.11. The van der Waals surface area contributed by atoms with Crippen LogP contribution in [-0.2, 0) is 9.47 Å². The first kappa shape index (κ1) is 9.25. The van der Waals surface area contributed by atoms with Gasteiger partial charge in [0.1, 0.15) is 0 Å². The van der Waals surface area contributed by atoms with E-state index in [1.807, 2.05) is 0 Å². The molecule has 0 saturated carbocycles. The van der Waals surface area contributed by atoms with E-state index >= 15 is 0 Å². The van der Waals surface area contributed by atoms with Gasteiger partial charge in [-0.25, -0.2) is 0 Å². The van der Waals surface area contributed by atoms with Gasteiger partial charge in [-0.05, 0) is 6.07 Å². The summed E-state index contributed by atoms with van der Waals surface area (Å²) >= 11 is 0. The number of hydrogen-bond acceptors (Lipinski definition) is 4. The van der Waals surface area contributed by atoms with Crippen molar-refractivity contribution >= 4 is 0 Å². The minimum Gasteiger partial charge on any atom is -0.472 e. The molecule has 4 nitrogen and oxygen atoms in total. The number of ether oxygens (including phenoxy) is 2. The molecule has 0 radical (unpaired) electrons. The van der Waals surface area contributed by atoms with Gasteiger partial charge < -0.3 is 19.6 Å². The zero-order valence-electron chi connectivity index (χ0n) is 7.19. The van der Waals surface area contributed by atoms with Crippen LogP contribution in [-0.4, -0.2) is 20.5 Å². The van der Waals surface area contributed by atoms with Crippen molar-refractivity contribution in [3.63, 3.8) is 0 Å². The molecule has 0 aromatic carbocycles. The summed E-state index contributed by atoms with van der Waals surface area (Å²) in [5.41, 5.74) is 6.66. The third-order valence-corrected chi connectivity index (χ3v) is 1.69. The molecule has 0 fully saturated rings. The Morgan fingerprint density at radius 2 is 2.08 bits per heavy atom. The molecular formula is C8H13NO3. The van der Waals surface area contributed by atoms with Gasteiger partial charge in [0.15, 0.2) is 6.29 Å². The zero-order valence-corrected chi connectivity index (χ0v) is 7.19. The van der Waals surface area contributed by atoms with Crippen LogP contribution in [0.3, 0.4) is 0 Å². The van der Waals surface area contributed by atoms with Gasteiger partial charge >= 0.3 is 0 Å². The van der Waals surface area contributed by atoms with E-state index in [-0.39, 0.29) is 6.04 Å². The first-order chi connectivity index (χ1) is 5.79. The van der Waals surface area contributed by atoms with Gasteiger partial charge in [0.2, 0.25) is 0 Å². The van der Waals surface area contributed by atoms with E-state index < -0.39 is 6.29 Å². The summed E-state index contributed by atoms with van der Waals surface area (Å²) in [6.45, 7) is 0. The third-order valence-electron chi connectivity index (χ3n) is 1.69. The summed E-state index contributed by atoms with van der Waals surface area (Å²) in [6.07, 6.45) is 2.72. The lowest BCUT2D eigenvalue weighted by atomic mass is 10.1. The van der Waals surface area contributed by atoms with Gasteiger partial charge in [0.05, 0.1) is 18.6 Å². The predicted molar refractivity (Wildman–Crippen MR) is 43.4 cm³/mol. The van der Waals surface area contributed by atoms with Crippen LogP contribution in [0.1, 0.15) is 11.6 Å².